The molecule has 0 saturated carbocycles. The van der Waals surface area contributed by atoms with E-state index in [9.17, 15) is 14.7 Å². The number of aliphatic hydroxyl groups is 1. The number of benzene rings is 1. The SMILES string of the molecule is N[C@@H](CCc1ccccc1)C(=O)N1C[C@H](O)C[C@@H]1C(=O)O. The van der Waals surface area contributed by atoms with Crippen LogP contribution in [-0.2, 0) is 16.0 Å². The normalized spacial score (nSPS) is 23.0. The van der Waals surface area contributed by atoms with E-state index in [2.05, 4.69) is 0 Å². The van der Waals surface area contributed by atoms with E-state index in [1.165, 1.54) is 4.90 Å². The van der Waals surface area contributed by atoms with E-state index in [1.807, 2.05) is 30.3 Å². The second-order valence-corrected chi connectivity index (χ2v) is 5.36. The maximum atomic E-state index is 12.3. The fourth-order valence-electron chi connectivity index (χ4n) is 2.59. The fourth-order valence-corrected chi connectivity index (χ4v) is 2.59. The van der Waals surface area contributed by atoms with Gasteiger partial charge in [0.05, 0.1) is 12.1 Å². The summed E-state index contributed by atoms with van der Waals surface area (Å²) in [6, 6.07) is 7.93. The zero-order valence-electron chi connectivity index (χ0n) is 11.7. The lowest BCUT2D eigenvalue weighted by molar-refractivity contribution is -0.148. The number of hydrogen-bond acceptors (Lipinski definition) is 4. The molecule has 1 saturated heterocycles. The third kappa shape index (κ3) is 3.80. The van der Waals surface area contributed by atoms with Crippen molar-refractivity contribution in [3.8, 4) is 0 Å². The number of nitrogens with two attached hydrogens (primary N) is 1. The predicted octanol–water partition coefficient (Wildman–Crippen LogP) is -0.00710. The molecule has 1 aromatic rings. The summed E-state index contributed by atoms with van der Waals surface area (Å²) < 4.78 is 0. The van der Waals surface area contributed by atoms with Crippen molar-refractivity contribution in [3.63, 3.8) is 0 Å². The zero-order chi connectivity index (χ0) is 15.4. The number of aliphatic carboxylic acids is 1. The molecule has 0 unspecified atom stereocenters. The number of carbonyl (C=O) groups excluding carboxylic acids is 1. The van der Waals surface area contributed by atoms with Crippen LogP contribution in [0.25, 0.3) is 0 Å². The molecule has 0 radical (unpaired) electrons. The Morgan fingerprint density at radius 2 is 2.00 bits per heavy atom. The molecule has 0 aromatic heterocycles. The minimum absolute atomic E-state index is 0.0365. The van der Waals surface area contributed by atoms with E-state index in [4.69, 9.17) is 10.8 Å². The van der Waals surface area contributed by atoms with Gasteiger partial charge in [-0.3, -0.25) is 4.79 Å². The molecule has 1 aliphatic heterocycles. The number of carboxylic acid groups (broad SMARTS) is 1. The number of carboxylic acids is 1. The quantitative estimate of drug-likeness (QED) is 0.708. The van der Waals surface area contributed by atoms with Crippen LogP contribution in [0.1, 0.15) is 18.4 Å². The van der Waals surface area contributed by atoms with E-state index in [1.54, 1.807) is 0 Å². The number of carbonyl (C=O) groups is 2. The first kappa shape index (κ1) is 15.5. The van der Waals surface area contributed by atoms with Gasteiger partial charge in [0.1, 0.15) is 6.04 Å². The minimum Gasteiger partial charge on any atom is -0.480 e. The number of aryl methyl sites for hydroxylation is 1. The second-order valence-electron chi connectivity index (χ2n) is 5.36. The molecule has 0 bridgehead atoms. The average molecular weight is 292 g/mol. The van der Waals surface area contributed by atoms with Gasteiger partial charge < -0.3 is 20.8 Å². The van der Waals surface area contributed by atoms with Crippen LogP contribution in [0.4, 0.5) is 0 Å². The molecule has 114 valence electrons. The van der Waals surface area contributed by atoms with Crippen LogP contribution in [0, 0.1) is 0 Å². The first-order chi connectivity index (χ1) is 9.99. The summed E-state index contributed by atoms with van der Waals surface area (Å²) in [5, 5.41) is 18.7. The van der Waals surface area contributed by atoms with Crippen LogP contribution in [0.3, 0.4) is 0 Å². The van der Waals surface area contributed by atoms with Crippen molar-refractivity contribution in [2.24, 2.45) is 5.73 Å². The lowest BCUT2D eigenvalue weighted by atomic mass is 10.0. The Morgan fingerprint density at radius 3 is 2.62 bits per heavy atom. The lowest BCUT2D eigenvalue weighted by Crippen LogP contribution is -2.48. The molecule has 0 aliphatic carbocycles. The number of nitrogens with zero attached hydrogens (tertiary/aromatic N) is 1. The summed E-state index contributed by atoms with van der Waals surface area (Å²) in [6.07, 6.45) is 0.368. The highest BCUT2D eigenvalue weighted by Crippen LogP contribution is 2.19. The van der Waals surface area contributed by atoms with Gasteiger partial charge in [0, 0.05) is 13.0 Å². The monoisotopic (exact) mass is 292 g/mol. The smallest absolute Gasteiger partial charge is 0.326 e. The summed E-state index contributed by atoms with van der Waals surface area (Å²) in [7, 11) is 0. The standard InChI is InChI=1S/C15H20N2O4/c16-12(7-6-10-4-2-1-3-5-10)14(19)17-9-11(18)8-13(17)15(20)21/h1-5,11-13,18H,6-9,16H2,(H,20,21)/t11-,12+,13-/m1/s1. The topological polar surface area (TPSA) is 104 Å². The molecular formula is C15H20N2O4. The van der Waals surface area contributed by atoms with Gasteiger partial charge in [0.15, 0.2) is 0 Å². The van der Waals surface area contributed by atoms with Crippen molar-refractivity contribution in [1.29, 1.82) is 0 Å². The summed E-state index contributed by atoms with van der Waals surface area (Å²) in [5.41, 5.74) is 6.97. The molecule has 1 fully saturated rings. The molecule has 4 N–H and O–H groups in total. The third-order valence-electron chi connectivity index (χ3n) is 3.75. The van der Waals surface area contributed by atoms with Gasteiger partial charge in [-0.25, -0.2) is 4.79 Å². The third-order valence-corrected chi connectivity index (χ3v) is 3.75. The van der Waals surface area contributed by atoms with Crippen LogP contribution in [0.2, 0.25) is 0 Å². The Bertz CT molecular complexity index is 506. The van der Waals surface area contributed by atoms with Gasteiger partial charge in [-0.1, -0.05) is 30.3 Å². The van der Waals surface area contributed by atoms with E-state index in [0.717, 1.165) is 5.56 Å². The summed E-state index contributed by atoms with van der Waals surface area (Å²) in [5.74, 6) is -1.51. The number of β-amino-alcohol motifs (C(OH)–C–C–N with tert-alkyl or cyclic N) is 1. The minimum atomic E-state index is -1.10. The van der Waals surface area contributed by atoms with E-state index < -0.39 is 30.1 Å². The van der Waals surface area contributed by atoms with Gasteiger partial charge in [-0.15, -0.1) is 0 Å². The molecule has 21 heavy (non-hydrogen) atoms. The first-order valence-corrected chi connectivity index (χ1v) is 7.00. The van der Waals surface area contributed by atoms with Crippen molar-refractivity contribution in [2.45, 2.75) is 37.5 Å². The van der Waals surface area contributed by atoms with Crippen LogP contribution >= 0.6 is 0 Å². The van der Waals surface area contributed by atoms with Gasteiger partial charge in [-0.05, 0) is 18.4 Å². The molecule has 0 spiro atoms. The van der Waals surface area contributed by atoms with E-state index >= 15 is 0 Å². The molecule has 6 nitrogen and oxygen atoms in total. The summed E-state index contributed by atoms with van der Waals surface area (Å²) in [4.78, 5) is 24.6. The first-order valence-electron chi connectivity index (χ1n) is 7.00. The Morgan fingerprint density at radius 1 is 1.33 bits per heavy atom. The second kappa shape index (κ2) is 6.69. The molecule has 1 aromatic carbocycles. The molecule has 1 aliphatic rings. The van der Waals surface area contributed by atoms with Crippen molar-refractivity contribution in [3.05, 3.63) is 35.9 Å². The highest BCUT2D eigenvalue weighted by Gasteiger charge is 2.40. The van der Waals surface area contributed by atoms with E-state index in [-0.39, 0.29) is 13.0 Å². The largest absolute Gasteiger partial charge is 0.480 e. The number of aliphatic hydroxyl groups excluding tert-OH is 1. The number of rotatable bonds is 5. The van der Waals surface area contributed by atoms with Crippen LogP contribution in [-0.4, -0.2) is 51.7 Å². The zero-order valence-corrected chi connectivity index (χ0v) is 11.7. The Balaban J connectivity index is 1.94. The van der Waals surface area contributed by atoms with Crippen LogP contribution in [0.5, 0.6) is 0 Å². The van der Waals surface area contributed by atoms with Gasteiger partial charge >= 0.3 is 5.97 Å². The molecular weight excluding hydrogens is 272 g/mol. The van der Waals surface area contributed by atoms with Crippen LogP contribution < -0.4 is 5.73 Å². The van der Waals surface area contributed by atoms with Crippen molar-refractivity contribution in [1.82, 2.24) is 4.90 Å². The maximum absolute atomic E-state index is 12.3. The fraction of sp³-hybridized carbons (Fsp3) is 0.467. The Hall–Kier alpha value is -1.92. The summed E-state index contributed by atoms with van der Waals surface area (Å²) >= 11 is 0. The molecule has 2 rings (SSSR count). The number of hydrogen-bond donors (Lipinski definition) is 3. The van der Waals surface area contributed by atoms with Crippen molar-refractivity contribution in [2.75, 3.05) is 6.54 Å². The predicted molar refractivity (Wildman–Crippen MR) is 76.5 cm³/mol. The van der Waals surface area contributed by atoms with Gasteiger partial charge in [0.2, 0.25) is 5.91 Å². The average Bonchev–Trinajstić information content (AvgIpc) is 2.87. The Kier molecular flexibility index (Phi) is 4.93. The van der Waals surface area contributed by atoms with E-state index in [0.29, 0.717) is 12.8 Å². The lowest BCUT2D eigenvalue weighted by Gasteiger charge is -2.24. The highest BCUT2D eigenvalue weighted by atomic mass is 16.4. The number of likely N-dealkylation sites (tertiary alicyclic amines) is 1. The molecule has 3 atom stereocenters. The van der Waals surface area contributed by atoms with Gasteiger partial charge in [0.25, 0.3) is 0 Å². The molecule has 1 heterocycles. The summed E-state index contributed by atoms with van der Waals surface area (Å²) in [6.45, 7) is 0.0365. The molecule has 1 amide bonds. The number of amides is 1. The highest BCUT2D eigenvalue weighted by molar-refractivity contribution is 5.87. The van der Waals surface area contributed by atoms with Gasteiger partial charge in [-0.2, -0.15) is 0 Å². The maximum Gasteiger partial charge on any atom is 0.326 e. The molecule has 6 heteroatoms. The Labute approximate surface area is 123 Å². The van der Waals surface area contributed by atoms with Crippen molar-refractivity contribution >= 4 is 11.9 Å². The van der Waals surface area contributed by atoms with Crippen molar-refractivity contribution < 1.29 is 19.8 Å². The van der Waals surface area contributed by atoms with Crippen LogP contribution in [0.15, 0.2) is 30.3 Å².